The van der Waals surface area contributed by atoms with Crippen LogP contribution in [0.1, 0.15) is 51.0 Å². The Morgan fingerprint density at radius 1 is 1.14 bits per heavy atom. The van der Waals surface area contributed by atoms with Gasteiger partial charge in [0.2, 0.25) is 0 Å². The van der Waals surface area contributed by atoms with Crippen molar-refractivity contribution >= 4 is 22.2 Å². The summed E-state index contributed by atoms with van der Waals surface area (Å²) in [6.45, 7) is 2.33. The minimum atomic E-state index is -1.99. The van der Waals surface area contributed by atoms with Gasteiger partial charge in [0.25, 0.3) is 0 Å². The molecule has 8 unspecified atom stereocenters. The molecule has 0 radical (unpaired) electrons. The zero-order valence-electron chi connectivity index (χ0n) is 21.7. The van der Waals surface area contributed by atoms with E-state index in [-0.39, 0.29) is 23.8 Å². The van der Waals surface area contributed by atoms with Gasteiger partial charge in [-0.15, -0.1) is 0 Å². The number of alkyl halides is 1. The Hall–Kier alpha value is -2.32. The van der Waals surface area contributed by atoms with E-state index < -0.39 is 29.1 Å². The zero-order valence-corrected chi connectivity index (χ0v) is 21.7. The average Bonchev–Trinajstić information content (AvgIpc) is 3.40. The molecule has 0 amide bonds. The summed E-state index contributed by atoms with van der Waals surface area (Å²) in [7, 11) is 3.75. The molecule has 37 heavy (non-hydrogen) atoms. The molecule has 5 aliphatic rings. The van der Waals surface area contributed by atoms with E-state index in [0.29, 0.717) is 18.7 Å². The Bertz CT molecular complexity index is 1380. The summed E-state index contributed by atoms with van der Waals surface area (Å²) in [6, 6.07) is 8.04. The van der Waals surface area contributed by atoms with E-state index in [2.05, 4.69) is 42.3 Å². The summed E-state index contributed by atoms with van der Waals surface area (Å²) in [4.78, 5) is 6.11. The number of hydrogen-bond donors (Lipinski definition) is 3. The number of hydrogen-bond acceptors (Lipinski definition) is 6. The lowest BCUT2D eigenvalue weighted by Gasteiger charge is -2.61. The summed E-state index contributed by atoms with van der Waals surface area (Å²) >= 11 is 0. The fourth-order valence-electron chi connectivity index (χ4n) is 8.76. The first-order valence-electron chi connectivity index (χ1n) is 13.5. The quantitative estimate of drug-likeness (QED) is 0.534. The van der Waals surface area contributed by atoms with Gasteiger partial charge in [0.05, 0.1) is 11.7 Å². The molecule has 3 aliphatic carbocycles. The van der Waals surface area contributed by atoms with Crippen LogP contribution in [0.2, 0.25) is 0 Å². The summed E-state index contributed by atoms with van der Waals surface area (Å²) in [5.41, 5.74) is 5.68. The fraction of sp³-hybridized carbons (Fsp3) is 0.567. The first kappa shape index (κ1) is 23.8. The second-order valence-electron chi connectivity index (χ2n) is 12.6. The van der Waals surface area contributed by atoms with Crippen LogP contribution in [0.3, 0.4) is 0 Å². The van der Waals surface area contributed by atoms with Gasteiger partial charge >= 0.3 is 0 Å². The summed E-state index contributed by atoms with van der Waals surface area (Å²) < 4.78 is 23.9. The van der Waals surface area contributed by atoms with Crippen LogP contribution < -0.4 is 5.73 Å². The van der Waals surface area contributed by atoms with Crippen molar-refractivity contribution in [2.45, 2.75) is 80.6 Å². The largest absolute Gasteiger partial charge is 0.389 e. The maximum absolute atomic E-state index is 16.9. The van der Waals surface area contributed by atoms with E-state index in [9.17, 15) is 10.2 Å². The number of ether oxygens (including phenoxy) is 1. The number of aliphatic hydroxyl groups excluding tert-OH is 2. The molecule has 1 saturated carbocycles. The molecule has 2 saturated heterocycles. The van der Waals surface area contributed by atoms with Gasteiger partial charge in [0, 0.05) is 35.4 Å². The zero-order chi connectivity index (χ0) is 26.0. The molecule has 2 bridgehead atoms. The standard InChI is InChI=1S/C30H36FN3O3/c1-27-9-8-20-14-30(31)26(36)25(35)22(34(2)3)15-28(30)10-11-29(20,37-28)23(27)7-6-21(27)17-4-5-18-16-33-24(32)13-19(18)12-17/h4-6,8,12-13,16,22-23,25-26,35-36H,7,9-11,14-15H2,1-3H3,(H2,32,33). The van der Waals surface area contributed by atoms with E-state index in [1.54, 1.807) is 0 Å². The molecule has 1 aromatic heterocycles. The topological polar surface area (TPSA) is 91.8 Å². The second kappa shape index (κ2) is 7.41. The Kier molecular flexibility index (Phi) is 4.76. The number of aliphatic hydroxyl groups is 2. The second-order valence-corrected chi connectivity index (χ2v) is 12.6. The highest BCUT2D eigenvalue weighted by Crippen LogP contribution is 2.70. The number of halogens is 1. The van der Waals surface area contributed by atoms with Crippen LogP contribution >= 0.6 is 0 Å². The lowest BCUT2D eigenvalue weighted by molar-refractivity contribution is -0.282. The third-order valence-electron chi connectivity index (χ3n) is 10.7. The van der Waals surface area contributed by atoms with Gasteiger partial charge in [-0.3, -0.25) is 0 Å². The van der Waals surface area contributed by atoms with Crippen molar-refractivity contribution in [2.75, 3.05) is 19.8 Å². The van der Waals surface area contributed by atoms with Gasteiger partial charge in [0.1, 0.15) is 17.5 Å². The predicted octanol–water partition coefficient (Wildman–Crippen LogP) is 4.01. The van der Waals surface area contributed by atoms with Crippen molar-refractivity contribution in [1.82, 2.24) is 9.88 Å². The molecule has 196 valence electrons. The first-order valence-corrected chi connectivity index (χ1v) is 13.5. The van der Waals surface area contributed by atoms with Gasteiger partial charge in [-0.2, -0.15) is 0 Å². The number of nitrogen functional groups attached to an aromatic ring is 1. The summed E-state index contributed by atoms with van der Waals surface area (Å²) in [5.74, 6) is 0.703. The van der Waals surface area contributed by atoms with E-state index in [4.69, 9.17) is 10.5 Å². The van der Waals surface area contributed by atoms with Crippen LogP contribution in [0.4, 0.5) is 10.2 Å². The maximum atomic E-state index is 16.9. The highest BCUT2D eigenvalue weighted by Gasteiger charge is 2.76. The number of fused-ring (bicyclic) bond motifs is 2. The van der Waals surface area contributed by atoms with E-state index in [1.165, 1.54) is 11.1 Å². The highest BCUT2D eigenvalue weighted by atomic mass is 19.1. The monoisotopic (exact) mass is 505 g/mol. The smallest absolute Gasteiger partial charge is 0.171 e. The Morgan fingerprint density at radius 3 is 2.73 bits per heavy atom. The molecule has 7 rings (SSSR count). The van der Waals surface area contributed by atoms with E-state index in [1.807, 2.05) is 31.3 Å². The number of pyridine rings is 1. The van der Waals surface area contributed by atoms with Crippen LogP contribution in [0.15, 0.2) is 48.2 Å². The van der Waals surface area contributed by atoms with Gasteiger partial charge < -0.3 is 25.6 Å². The van der Waals surface area contributed by atoms with Crippen molar-refractivity contribution in [1.29, 1.82) is 0 Å². The van der Waals surface area contributed by atoms with Crippen molar-refractivity contribution in [3.05, 3.63) is 53.8 Å². The van der Waals surface area contributed by atoms with Crippen molar-refractivity contribution in [3.63, 3.8) is 0 Å². The molecule has 7 heteroatoms. The fourth-order valence-corrected chi connectivity index (χ4v) is 8.76. The minimum Gasteiger partial charge on any atom is -0.389 e. The molecule has 2 spiro atoms. The lowest BCUT2D eigenvalue weighted by Crippen LogP contribution is -2.73. The van der Waals surface area contributed by atoms with Crippen molar-refractivity contribution in [3.8, 4) is 0 Å². The van der Waals surface area contributed by atoms with E-state index >= 15 is 4.39 Å². The molecular weight excluding hydrogens is 469 g/mol. The first-order chi connectivity index (χ1) is 17.5. The number of nitrogens with zero attached hydrogens (tertiary/aromatic N) is 2. The molecule has 6 nitrogen and oxygen atoms in total. The molecule has 1 aromatic carbocycles. The van der Waals surface area contributed by atoms with Crippen LogP contribution in [0, 0.1) is 11.3 Å². The van der Waals surface area contributed by atoms with Crippen LogP contribution in [0.5, 0.6) is 0 Å². The molecule has 4 N–H and O–H groups in total. The van der Waals surface area contributed by atoms with Crippen molar-refractivity contribution < 1.29 is 19.3 Å². The molecule has 2 aliphatic heterocycles. The average molecular weight is 506 g/mol. The van der Waals surface area contributed by atoms with Crippen LogP contribution in [0.25, 0.3) is 16.3 Å². The molecule has 2 aromatic rings. The number of nitrogens with two attached hydrogens (primary N) is 1. The SMILES string of the molecule is CN(C)C1CC23CCC4(O2)C(=CCC2(C)C(c5ccc6cnc(N)cc6c5)=CCC24)CC3(F)C(O)C1O. The number of likely N-dealkylation sites (N-methyl/N-ethyl adjacent to an activating group) is 1. The molecule has 3 fully saturated rings. The van der Waals surface area contributed by atoms with Crippen LogP contribution in [-0.2, 0) is 4.74 Å². The number of aromatic nitrogens is 1. The Morgan fingerprint density at radius 2 is 1.95 bits per heavy atom. The molecule has 3 heterocycles. The normalized spacial score (nSPS) is 44.3. The maximum Gasteiger partial charge on any atom is 0.171 e. The lowest BCUT2D eigenvalue weighted by atomic mass is 9.56. The van der Waals surface area contributed by atoms with Crippen LogP contribution in [-0.4, -0.2) is 69.3 Å². The third kappa shape index (κ3) is 2.86. The summed E-state index contributed by atoms with van der Waals surface area (Å²) in [5, 5.41) is 24.1. The number of anilines is 1. The highest BCUT2D eigenvalue weighted by molar-refractivity contribution is 5.88. The summed E-state index contributed by atoms with van der Waals surface area (Å²) in [6.07, 6.45) is 7.22. The minimum absolute atomic E-state index is 0.134. The third-order valence-corrected chi connectivity index (χ3v) is 10.7. The number of allylic oxidation sites excluding steroid dienone is 3. The van der Waals surface area contributed by atoms with Gasteiger partial charge in [0.15, 0.2) is 5.67 Å². The number of rotatable bonds is 2. The van der Waals surface area contributed by atoms with Gasteiger partial charge in [-0.1, -0.05) is 31.2 Å². The van der Waals surface area contributed by atoms with Gasteiger partial charge in [-0.25, -0.2) is 9.37 Å². The van der Waals surface area contributed by atoms with Gasteiger partial charge in [-0.05, 0) is 80.4 Å². The Balaban J connectivity index is 1.29. The predicted molar refractivity (Wildman–Crippen MR) is 141 cm³/mol. The number of benzene rings is 1. The van der Waals surface area contributed by atoms with Crippen molar-refractivity contribution in [2.24, 2.45) is 11.3 Å². The molecule has 8 atom stereocenters. The Labute approximate surface area is 217 Å². The van der Waals surface area contributed by atoms with E-state index in [0.717, 1.165) is 35.6 Å². The molecular formula is C30H36FN3O3.